The Morgan fingerprint density at radius 3 is 1.75 bits per heavy atom. The van der Waals surface area contributed by atoms with Gasteiger partial charge < -0.3 is 0 Å². The van der Waals surface area contributed by atoms with Crippen LogP contribution >= 0.6 is 0 Å². The molecule has 0 radical (unpaired) electrons. The lowest BCUT2D eigenvalue weighted by atomic mass is 9.72. The highest BCUT2D eigenvalue weighted by molar-refractivity contribution is 6.19. The molecule has 1 aliphatic rings. The lowest BCUT2D eigenvalue weighted by Gasteiger charge is -2.27. The van der Waals surface area contributed by atoms with E-state index in [1.54, 1.807) is 31.2 Å². The summed E-state index contributed by atoms with van der Waals surface area (Å²) < 4.78 is 0. The van der Waals surface area contributed by atoms with E-state index < -0.39 is 5.41 Å². The molecule has 2 aromatic carbocycles. The first-order valence-electron chi connectivity index (χ1n) is 8.13. The lowest BCUT2D eigenvalue weighted by molar-refractivity contribution is 0.0668. The van der Waals surface area contributed by atoms with Crippen LogP contribution in [-0.2, 0) is 9.78 Å². The van der Waals surface area contributed by atoms with E-state index in [0.717, 1.165) is 0 Å². The summed E-state index contributed by atoms with van der Waals surface area (Å²) >= 11 is 0. The van der Waals surface area contributed by atoms with Gasteiger partial charge in [0, 0.05) is 17.5 Å². The average Bonchev–Trinajstić information content (AvgIpc) is 3.46. The first kappa shape index (κ1) is 16.6. The summed E-state index contributed by atoms with van der Waals surface area (Å²) in [5, 5.41) is 0. The molecule has 4 heteroatoms. The average molecular weight is 324 g/mol. The Labute approximate surface area is 141 Å². The van der Waals surface area contributed by atoms with E-state index in [0.29, 0.717) is 30.4 Å². The van der Waals surface area contributed by atoms with Crippen LogP contribution in [-0.4, -0.2) is 17.9 Å². The second kappa shape index (κ2) is 7.07. The molecule has 4 nitrogen and oxygen atoms in total. The molecule has 1 heterocycles. The normalized spacial score (nSPS) is 14.4. The maximum absolute atomic E-state index is 13.1. The monoisotopic (exact) mass is 324 g/mol. The molecule has 0 aromatic heterocycles. The van der Waals surface area contributed by atoms with Crippen molar-refractivity contribution in [3.63, 3.8) is 0 Å². The van der Waals surface area contributed by atoms with E-state index in [-0.39, 0.29) is 17.9 Å². The van der Waals surface area contributed by atoms with Crippen LogP contribution in [0.1, 0.15) is 46.9 Å². The van der Waals surface area contributed by atoms with Gasteiger partial charge in [-0.25, -0.2) is 0 Å². The van der Waals surface area contributed by atoms with Crippen molar-refractivity contribution in [2.75, 3.05) is 0 Å². The van der Waals surface area contributed by atoms with Gasteiger partial charge in [-0.1, -0.05) is 60.7 Å². The minimum atomic E-state index is -1.10. The third-order valence-electron chi connectivity index (χ3n) is 4.42. The van der Waals surface area contributed by atoms with Gasteiger partial charge in [0.1, 0.15) is 0 Å². The molecule has 0 bridgehead atoms. The minimum absolute atomic E-state index is 0.144. The Morgan fingerprint density at radius 1 is 0.875 bits per heavy atom. The Morgan fingerprint density at radius 2 is 1.33 bits per heavy atom. The van der Waals surface area contributed by atoms with Crippen molar-refractivity contribution >= 4 is 11.6 Å². The van der Waals surface area contributed by atoms with Gasteiger partial charge >= 0.3 is 0 Å². The first-order chi connectivity index (χ1) is 11.6. The van der Waals surface area contributed by atoms with Gasteiger partial charge in [-0.05, 0) is 19.8 Å². The Kier molecular flexibility index (Phi) is 4.88. The molecule has 0 aliphatic carbocycles. The van der Waals surface area contributed by atoms with Crippen molar-refractivity contribution in [2.45, 2.75) is 32.5 Å². The highest BCUT2D eigenvalue weighted by Gasteiger charge is 2.41. The molecule has 1 saturated heterocycles. The Bertz CT molecular complexity index is 653. The predicted octanol–water partition coefficient (Wildman–Crippen LogP) is 4.22. The van der Waals surface area contributed by atoms with Crippen molar-refractivity contribution in [3.8, 4) is 0 Å². The Balaban J connectivity index is 1.87. The van der Waals surface area contributed by atoms with Gasteiger partial charge in [-0.15, -0.1) is 0 Å². The Hall–Kier alpha value is -2.30. The molecule has 2 aromatic rings. The fourth-order valence-electron chi connectivity index (χ4n) is 2.90. The summed E-state index contributed by atoms with van der Waals surface area (Å²) in [6.45, 7) is 1.74. The SMILES string of the molecule is CC(CCCC1OO1)(C(=O)c1ccccc1)C(=O)c1ccccc1. The molecule has 1 aliphatic heterocycles. The number of carbonyl (C=O) groups excluding carboxylic acids is 2. The van der Waals surface area contributed by atoms with Crippen LogP contribution < -0.4 is 0 Å². The fourth-order valence-corrected chi connectivity index (χ4v) is 2.90. The van der Waals surface area contributed by atoms with Crippen molar-refractivity contribution in [1.82, 2.24) is 0 Å². The van der Waals surface area contributed by atoms with Crippen molar-refractivity contribution in [2.24, 2.45) is 5.41 Å². The third-order valence-corrected chi connectivity index (χ3v) is 4.42. The molecule has 124 valence electrons. The molecule has 0 atom stereocenters. The van der Waals surface area contributed by atoms with Gasteiger partial charge in [-0.3, -0.25) is 9.59 Å². The van der Waals surface area contributed by atoms with E-state index in [4.69, 9.17) is 9.78 Å². The second-order valence-corrected chi connectivity index (χ2v) is 6.24. The zero-order valence-electron chi connectivity index (χ0n) is 13.6. The van der Waals surface area contributed by atoms with Crippen LogP contribution in [0.4, 0.5) is 0 Å². The largest absolute Gasteiger partial charge is 0.293 e. The summed E-state index contributed by atoms with van der Waals surface area (Å²) in [5.74, 6) is -0.288. The molecule has 0 spiro atoms. The standard InChI is InChI=1S/C20H20O4/c1-20(14-8-13-17-23-24-17,18(21)15-9-4-2-5-10-15)19(22)16-11-6-3-7-12-16/h2-7,9-12,17H,8,13-14H2,1H3. The van der Waals surface area contributed by atoms with Crippen LogP contribution in [0.5, 0.6) is 0 Å². The summed E-state index contributed by atoms with van der Waals surface area (Å²) in [6.07, 6.45) is 1.63. The van der Waals surface area contributed by atoms with Crippen LogP contribution in [0.2, 0.25) is 0 Å². The van der Waals surface area contributed by atoms with E-state index in [1.165, 1.54) is 0 Å². The third kappa shape index (κ3) is 3.61. The summed E-state index contributed by atoms with van der Waals surface area (Å²) in [7, 11) is 0. The van der Waals surface area contributed by atoms with Gasteiger partial charge in [0.15, 0.2) is 11.6 Å². The van der Waals surface area contributed by atoms with Crippen LogP contribution in [0.15, 0.2) is 60.7 Å². The number of rotatable bonds is 8. The molecule has 0 amide bonds. The summed E-state index contributed by atoms with van der Waals surface area (Å²) in [6, 6.07) is 18.0. The second-order valence-electron chi connectivity index (χ2n) is 6.24. The number of hydrogen-bond acceptors (Lipinski definition) is 4. The van der Waals surface area contributed by atoms with Crippen LogP contribution in [0, 0.1) is 5.41 Å². The molecule has 0 N–H and O–H groups in total. The van der Waals surface area contributed by atoms with Gasteiger partial charge in [0.25, 0.3) is 0 Å². The highest BCUT2D eigenvalue weighted by atomic mass is 17.4. The first-order valence-corrected chi connectivity index (χ1v) is 8.13. The molecule has 1 fully saturated rings. The molecular formula is C20H20O4. The van der Waals surface area contributed by atoms with Crippen molar-refractivity contribution in [1.29, 1.82) is 0 Å². The van der Waals surface area contributed by atoms with Gasteiger partial charge in [0.2, 0.25) is 6.29 Å². The molecule has 3 rings (SSSR count). The maximum atomic E-state index is 13.1. The quantitative estimate of drug-likeness (QED) is 0.316. The van der Waals surface area contributed by atoms with E-state index in [9.17, 15) is 9.59 Å². The predicted molar refractivity (Wildman–Crippen MR) is 89.5 cm³/mol. The summed E-state index contributed by atoms with van der Waals surface area (Å²) in [4.78, 5) is 35.7. The fraction of sp³-hybridized carbons (Fsp3) is 0.300. The molecule has 0 saturated carbocycles. The zero-order chi connectivity index (χ0) is 17.0. The van der Waals surface area contributed by atoms with Crippen LogP contribution in [0.3, 0.4) is 0 Å². The van der Waals surface area contributed by atoms with E-state index in [2.05, 4.69) is 0 Å². The number of carbonyl (C=O) groups is 2. The van der Waals surface area contributed by atoms with Crippen molar-refractivity contribution in [3.05, 3.63) is 71.8 Å². The maximum Gasteiger partial charge on any atom is 0.224 e. The highest BCUT2D eigenvalue weighted by Crippen LogP contribution is 2.34. The van der Waals surface area contributed by atoms with E-state index >= 15 is 0 Å². The minimum Gasteiger partial charge on any atom is -0.293 e. The summed E-state index contributed by atoms with van der Waals surface area (Å²) in [5.41, 5.74) is 0.0174. The topological polar surface area (TPSA) is 59.2 Å². The van der Waals surface area contributed by atoms with E-state index in [1.807, 2.05) is 36.4 Å². The number of Topliss-reactive ketones (excluding diaryl/α,β-unsaturated/α-hetero) is 2. The number of ketones is 2. The van der Waals surface area contributed by atoms with Gasteiger partial charge in [0.05, 0.1) is 5.41 Å². The lowest BCUT2D eigenvalue weighted by Crippen LogP contribution is -2.37. The molecule has 0 unspecified atom stereocenters. The number of benzene rings is 2. The zero-order valence-corrected chi connectivity index (χ0v) is 13.6. The van der Waals surface area contributed by atoms with Crippen LogP contribution in [0.25, 0.3) is 0 Å². The molecule has 24 heavy (non-hydrogen) atoms. The molecular weight excluding hydrogens is 304 g/mol. The number of hydrogen-bond donors (Lipinski definition) is 0. The van der Waals surface area contributed by atoms with Gasteiger partial charge in [-0.2, -0.15) is 9.78 Å². The van der Waals surface area contributed by atoms with Crippen molar-refractivity contribution < 1.29 is 19.4 Å². The smallest absolute Gasteiger partial charge is 0.224 e.